The number of methoxy groups -OCH3 is 1. The van der Waals surface area contributed by atoms with Crippen LogP contribution in [0.2, 0.25) is 5.02 Å². The third-order valence-electron chi connectivity index (χ3n) is 5.79. The van der Waals surface area contributed by atoms with E-state index in [0.29, 0.717) is 22.3 Å². The summed E-state index contributed by atoms with van der Waals surface area (Å²) in [6.07, 6.45) is 3.37. The third kappa shape index (κ3) is 5.15. The predicted octanol–water partition coefficient (Wildman–Crippen LogP) is 6.82. The summed E-state index contributed by atoms with van der Waals surface area (Å²) in [5.74, 6) is 7.67. The molecule has 4 rings (SSSR count). The van der Waals surface area contributed by atoms with Crippen molar-refractivity contribution in [2.24, 2.45) is 11.7 Å². The van der Waals surface area contributed by atoms with E-state index in [0.717, 1.165) is 33.1 Å². The fraction of sp³-hybridized carbons (Fsp3) is 0.346. The van der Waals surface area contributed by atoms with E-state index in [-0.39, 0.29) is 11.7 Å². The van der Waals surface area contributed by atoms with Gasteiger partial charge in [0.1, 0.15) is 22.6 Å². The largest absolute Gasteiger partial charge is 0.497 e. The maximum absolute atomic E-state index is 14.1. The van der Waals surface area contributed by atoms with Gasteiger partial charge in [0.15, 0.2) is 0 Å². The molecule has 0 spiro atoms. The molecule has 0 radical (unpaired) electrons. The van der Waals surface area contributed by atoms with E-state index in [9.17, 15) is 4.39 Å². The van der Waals surface area contributed by atoms with Gasteiger partial charge in [0, 0.05) is 16.4 Å². The van der Waals surface area contributed by atoms with Crippen LogP contribution in [0.25, 0.3) is 11.3 Å². The summed E-state index contributed by atoms with van der Waals surface area (Å²) in [5.41, 5.74) is 9.63. The molecular formula is C26H26ClFN2OS. The average Bonchev–Trinajstić information content (AvgIpc) is 3.52. The lowest BCUT2D eigenvalue weighted by molar-refractivity contribution is 0.415. The zero-order chi connectivity index (χ0) is 22.8. The average molecular weight is 469 g/mol. The lowest BCUT2D eigenvalue weighted by Crippen LogP contribution is -2.08. The van der Waals surface area contributed by atoms with Crippen molar-refractivity contribution in [1.82, 2.24) is 4.98 Å². The second-order valence-corrected chi connectivity index (χ2v) is 9.95. The van der Waals surface area contributed by atoms with Crippen LogP contribution in [0.4, 0.5) is 4.39 Å². The van der Waals surface area contributed by atoms with E-state index in [4.69, 9.17) is 27.1 Å². The van der Waals surface area contributed by atoms with E-state index in [1.165, 1.54) is 24.2 Å². The molecule has 1 fully saturated rings. The van der Waals surface area contributed by atoms with E-state index in [2.05, 4.69) is 11.8 Å². The lowest BCUT2D eigenvalue weighted by atomic mass is 9.93. The smallest absolute Gasteiger partial charge is 0.126 e. The Hall–Kier alpha value is -2.39. The van der Waals surface area contributed by atoms with Gasteiger partial charge >= 0.3 is 0 Å². The minimum atomic E-state index is -0.513. The number of nitrogens with zero attached hydrogens (tertiary/aromatic N) is 1. The van der Waals surface area contributed by atoms with Gasteiger partial charge in [-0.15, -0.1) is 11.3 Å². The molecule has 0 aliphatic heterocycles. The number of benzene rings is 2. The number of nitrogens with two attached hydrogens (primary N) is 1. The van der Waals surface area contributed by atoms with Crippen molar-refractivity contribution in [2.75, 3.05) is 7.11 Å². The van der Waals surface area contributed by atoms with Crippen molar-refractivity contribution in [3.8, 4) is 28.8 Å². The number of aromatic nitrogens is 1. The molecule has 1 saturated carbocycles. The molecule has 2 N–H and O–H groups in total. The summed E-state index contributed by atoms with van der Waals surface area (Å²) in [7, 11) is 1.61. The van der Waals surface area contributed by atoms with Crippen LogP contribution in [0.1, 0.15) is 52.2 Å². The number of hydrogen-bond donors (Lipinski definition) is 1. The van der Waals surface area contributed by atoms with Crippen molar-refractivity contribution in [3.63, 3.8) is 0 Å². The Morgan fingerprint density at radius 1 is 1.22 bits per heavy atom. The fourth-order valence-corrected chi connectivity index (χ4v) is 4.81. The number of thiazole rings is 1. The molecule has 0 amide bonds. The Kier molecular flexibility index (Phi) is 6.85. The van der Waals surface area contributed by atoms with Gasteiger partial charge in [0.05, 0.1) is 17.8 Å². The first-order valence-corrected chi connectivity index (χ1v) is 11.9. The molecule has 32 heavy (non-hydrogen) atoms. The van der Waals surface area contributed by atoms with Crippen molar-refractivity contribution >= 4 is 22.9 Å². The normalized spacial score (nSPS) is 15.1. The molecule has 1 aromatic heterocycles. The minimum Gasteiger partial charge on any atom is -0.497 e. The zero-order valence-electron chi connectivity index (χ0n) is 18.4. The molecule has 3 nitrogen and oxygen atoms in total. The summed E-state index contributed by atoms with van der Waals surface area (Å²) in [6, 6.07) is 10.4. The van der Waals surface area contributed by atoms with Gasteiger partial charge in [-0.25, -0.2) is 9.37 Å². The van der Waals surface area contributed by atoms with E-state index in [1.54, 1.807) is 26.2 Å². The fourth-order valence-electron chi connectivity index (χ4n) is 3.66. The molecule has 3 aromatic rings. The van der Waals surface area contributed by atoms with E-state index in [1.807, 2.05) is 31.2 Å². The predicted molar refractivity (Wildman–Crippen MR) is 130 cm³/mol. The van der Waals surface area contributed by atoms with E-state index < -0.39 is 6.04 Å². The highest BCUT2D eigenvalue weighted by atomic mass is 35.5. The van der Waals surface area contributed by atoms with Crippen LogP contribution in [0.3, 0.4) is 0 Å². The second-order valence-electron chi connectivity index (χ2n) is 8.31. The highest BCUT2D eigenvalue weighted by Crippen LogP contribution is 2.39. The standard InChI is InChI=1S/C26H26ClFN2OS/c1-15-4-7-19(13-23(15)28)18(12-17-5-6-17)8-11-24(29)26-30-25(16(2)32-26)21-10-9-20(31-3)14-22(21)27/h4,7,9-10,13-14,17-18,24H,5-6,12,29H2,1-3H3/t18-,24?/m0/s1. The van der Waals surface area contributed by atoms with Crippen LogP contribution in [0, 0.1) is 37.4 Å². The monoisotopic (exact) mass is 468 g/mol. The first-order chi connectivity index (χ1) is 15.4. The van der Waals surface area contributed by atoms with Gasteiger partial charge < -0.3 is 10.5 Å². The van der Waals surface area contributed by atoms with E-state index >= 15 is 0 Å². The molecule has 1 unspecified atom stereocenters. The van der Waals surface area contributed by atoms with Gasteiger partial charge in [-0.3, -0.25) is 0 Å². The molecule has 1 heterocycles. The Morgan fingerprint density at radius 3 is 2.66 bits per heavy atom. The summed E-state index contributed by atoms with van der Waals surface area (Å²) < 4.78 is 19.4. The number of halogens is 2. The van der Waals surface area contributed by atoms with Crippen LogP contribution >= 0.6 is 22.9 Å². The highest BCUT2D eigenvalue weighted by Gasteiger charge is 2.26. The number of hydrogen-bond acceptors (Lipinski definition) is 4. The quantitative estimate of drug-likeness (QED) is 0.404. The Bertz CT molecular complexity index is 1190. The molecule has 0 bridgehead atoms. The molecule has 6 heteroatoms. The van der Waals surface area contributed by atoms with Crippen LogP contribution in [-0.2, 0) is 0 Å². The van der Waals surface area contributed by atoms with Crippen LogP contribution in [-0.4, -0.2) is 12.1 Å². The summed E-state index contributed by atoms with van der Waals surface area (Å²) in [5, 5.41) is 1.33. The van der Waals surface area contributed by atoms with Gasteiger partial charge in [-0.1, -0.05) is 48.4 Å². The van der Waals surface area contributed by atoms with Crippen LogP contribution in [0.15, 0.2) is 36.4 Å². The van der Waals surface area contributed by atoms with Crippen LogP contribution < -0.4 is 10.5 Å². The van der Waals surface area contributed by atoms with Crippen molar-refractivity contribution in [2.45, 2.75) is 45.1 Å². The molecule has 166 valence electrons. The van der Waals surface area contributed by atoms with Crippen molar-refractivity contribution in [1.29, 1.82) is 0 Å². The molecule has 1 aliphatic rings. The number of ether oxygens (including phenoxy) is 1. The highest BCUT2D eigenvalue weighted by molar-refractivity contribution is 7.12. The Balaban J connectivity index is 1.59. The lowest BCUT2D eigenvalue weighted by Gasteiger charge is -2.12. The molecule has 0 saturated heterocycles. The van der Waals surface area contributed by atoms with Gasteiger partial charge in [-0.2, -0.15) is 0 Å². The molecule has 2 aromatic carbocycles. The third-order valence-corrected chi connectivity index (χ3v) is 7.15. The summed E-state index contributed by atoms with van der Waals surface area (Å²) in [4.78, 5) is 5.78. The maximum Gasteiger partial charge on any atom is 0.126 e. The van der Waals surface area contributed by atoms with Gasteiger partial charge in [0.2, 0.25) is 0 Å². The van der Waals surface area contributed by atoms with Crippen molar-refractivity contribution < 1.29 is 9.13 Å². The summed E-state index contributed by atoms with van der Waals surface area (Å²) >= 11 is 7.97. The first-order valence-electron chi connectivity index (χ1n) is 10.7. The SMILES string of the molecule is COc1ccc(-c2nc(C(N)C#C[C@@H](CC3CC3)c3ccc(C)c(F)c3)sc2C)c(Cl)c1. The molecular weight excluding hydrogens is 443 g/mol. The van der Waals surface area contributed by atoms with Crippen molar-refractivity contribution in [3.05, 3.63) is 68.2 Å². The minimum absolute atomic E-state index is 0.0276. The summed E-state index contributed by atoms with van der Waals surface area (Å²) in [6.45, 7) is 3.77. The Morgan fingerprint density at radius 2 is 2.00 bits per heavy atom. The number of aryl methyl sites for hydroxylation is 2. The maximum atomic E-state index is 14.1. The van der Waals surface area contributed by atoms with Gasteiger partial charge in [-0.05, 0) is 61.6 Å². The first kappa shape index (κ1) is 22.8. The Labute approximate surface area is 197 Å². The van der Waals surface area contributed by atoms with Gasteiger partial charge in [0.25, 0.3) is 0 Å². The second kappa shape index (κ2) is 9.62. The molecule has 2 atom stereocenters. The number of rotatable bonds is 6. The zero-order valence-corrected chi connectivity index (χ0v) is 20.0. The molecule has 1 aliphatic carbocycles. The van der Waals surface area contributed by atoms with Crippen LogP contribution in [0.5, 0.6) is 5.75 Å². The topological polar surface area (TPSA) is 48.1 Å².